The molecule has 0 fully saturated rings. The summed E-state index contributed by atoms with van der Waals surface area (Å²) in [5.74, 6) is -3.76. The van der Waals surface area contributed by atoms with Gasteiger partial charge in [0.25, 0.3) is 5.56 Å². The lowest BCUT2D eigenvalue weighted by atomic mass is 10.1. The van der Waals surface area contributed by atoms with Gasteiger partial charge in [-0.05, 0) is 29.8 Å². The third-order valence-corrected chi connectivity index (χ3v) is 4.48. The minimum absolute atomic E-state index is 0.0171. The first-order valence-corrected chi connectivity index (χ1v) is 9.08. The van der Waals surface area contributed by atoms with Gasteiger partial charge in [-0.1, -0.05) is 29.8 Å². The summed E-state index contributed by atoms with van der Waals surface area (Å²) in [6.07, 6.45) is 2.96. The van der Waals surface area contributed by atoms with Crippen LogP contribution in [0.1, 0.15) is 5.56 Å². The molecule has 30 heavy (non-hydrogen) atoms. The zero-order valence-corrected chi connectivity index (χ0v) is 15.9. The van der Waals surface area contributed by atoms with E-state index in [4.69, 9.17) is 11.6 Å². The Bertz CT molecular complexity index is 1270. The Morgan fingerprint density at radius 2 is 1.60 bits per heavy atom. The number of halogens is 4. The van der Waals surface area contributed by atoms with Gasteiger partial charge in [-0.2, -0.15) is 5.10 Å². The molecule has 0 radical (unpaired) electrons. The van der Waals surface area contributed by atoms with Gasteiger partial charge in [0.15, 0.2) is 23.3 Å². The van der Waals surface area contributed by atoms with Crippen LogP contribution in [-0.2, 0) is 6.54 Å². The Balaban J connectivity index is 1.67. The maximum Gasteiger partial charge on any atom is 0.267 e. The molecule has 0 saturated heterocycles. The lowest BCUT2D eigenvalue weighted by molar-refractivity contribution is 0.447. The van der Waals surface area contributed by atoms with E-state index < -0.39 is 23.0 Å². The lowest BCUT2D eigenvalue weighted by Crippen LogP contribution is -2.22. The molecular weight excluding hydrogens is 417 g/mol. The highest BCUT2D eigenvalue weighted by atomic mass is 35.5. The predicted molar refractivity (Wildman–Crippen MR) is 105 cm³/mol. The molecule has 0 spiro atoms. The SMILES string of the molecule is O=c1ccc(-c2cc(F)c(F)c(F)c2)nn1Cc1cccc(-c2ncc(Cl)cn2)c1. The fourth-order valence-electron chi connectivity index (χ4n) is 2.86. The summed E-state index contributed by atoms with van der Waals surface area (Å²) in [4.78, 5) is 20.6. The van der Waals surface area contributed by atoms with Crippen LogP contribution in [0.25, 0.3) is 22.6 Å². The molecule has 4 aromatic rings. The van der Waals surface area contributed by atoms with Crippen LogP contribution in [-0.4, -0.2) is 19.7 Å². The van der Waals surface area contributed by atoms with Crippen LogP contribution in [0.3, 0.4) is 0 Å². The first-order valence-electron chi connectivity index (χ1n) is 8.70. The van der Waals surface area contributed by atoms with Crippen molar-refractivity contribution in [2.45, 2.75) is 6.54 Å². The zero-order chi connectivity index (χ0) is 21.3. The third-order valence-electron chi connectivity index (χ3n) is 4.28. The molecule has 2 aromatic carbocycles. The first-order chi connectivity index (χ1) is 14.4. The van der Waals surface area contributed by atoms with Crippen LogP contribution in [0.2, 0.25) is 5.02 Å². The smallest absolute Gasteiger partial charge is 0.267 e. The maximum absolute atomic E-state index is 13.6. The van der Waals surface area contributed by atoms with Crippen LogP contribution in [0.5, 0.6) is 0 Å². The Morgan fingerprint density at radius 1 is 0.900 bits per heavy atom. The Morgan fingerprint density at radius 3 is 2.30 bits per heavy atom. The number of hydrogen-bond acceptors (Lipinski definition) is 4. The number of aromatic nitrogens is 4. The highest BCUT2D eigenvalue weighted by molar-refractivity contribution is 6.30. The van der Waals surface area contributed by atoms with E-state index in [1.54, 1.807) is 18.2 Å². The van der Waals surface area contributed by atoms with E-state index in [0.29, 0.717) is 10.8 Å². The molecule has 0 aliphatic rings. The van der Waals surface area contributed by atoms with Crippen molar-refractivity contribution in [2.75, 3.05) is 0 Å². The molecule has 9 heteroatoms. The number of rotatable bonds is 4. The van der Waals surface area contributed by atoms with Gasteiger partial charge in [0.1, 0.15) is 0 Å². The minimum atomic E-state index is -1.56. The molecule has 0 saturated carbocycles. The van der Waals surface area contributed by atoms with Gasteiger partial charge in [0.05, 0.1) is 17.3 Å². The first kappa shape index (κ1) is 19.8. The quantitative estimate of drug-likeness (QED) is 0.449. The van der Waals surface area contributed by atoms with Gasteiger partial charge in [-0.15, -0.1) is 0 Å². The third kappa shape index (κ3) is 4.08. The average Bonchev–Trinajstić information content (AvgIpc) is 2.74. The summed E-state index contributed by atoms with van der Waals surface area (Å²) < 4.78 is 41.5. The van der Waals surface area contributed by atoms with Crippen molar-refractivity contribution < 1.29 is 13.2 Å². The monoisotopic (exact) mass is 428 g/mol. The van der Waals surface area contributed by atoms with Crippen molar-refractivity contribution in [3.8, 4) is 22.6 Å². The van der Waals surface area contributed by atoms with E-state index in [1.807, 2.05) is 6.07 Å². The van der Waals surface area contributed by atoms with Crippen LogP contribution in [0.15, 0.2) is 65.7 Å². The largest absolute Gasteiger partial charge is 0.268 e. The fraction of sp³-hybridized carbons (Fsp3) is 0.0476. The molecule has 5 nitrogen and oxygen atoms in total. The summed E-state index contributed by atoms with van der Waals surface area (Å²) in [7, 11) is 0. The van der Waals surface area contributed by atoms with E-state index in [2.05, 4.69) is 15.1 Å². The molecule has 0 aliphatic carbocycles. The molecule has 0 unspecified atom stereocenters. The van der Waals surface area contributed by atoms with Crippen molar-refractivity contribution in [1.29, 1.82) is 0 Å². The normalized spacial score (nSPS) is 10.9. The molecule has 4 rings (SSSR count). The number of nitrogens with zero attached hydrogens (tertiary/aromatic N) is 4. The number of benzene rings is 2. The molecule has 0 bridgehead atoms. The Labute approximate surface area is 173 Å². The van der Waals surface area contributed by atoms with Gasteiger partial charge < -0.3 is 0 Å². The van der Waals surface area contributed by atoms with E-state index in [-0.39, 0.29) is 17.8 Å². The Hall–Kier alpha value is -3.52. The van der Waals surface area contributed by atoms with Crippen molar-refractivity contribution >= 4 is 11.6 Å². The van der Waals surface area contributed by atoms with Gasteiger partial charge in [-0.25, -0.2) is 27.8 Å². The number of hydrogen-bond donors (Lipinski definition) is 0. The van der Waals surface area contributed by atoms with Crippen LogP contribution in [0.4, 0.5) is 13.2 Å². The second-order valence-corrected chi connectivity index (χ2v) is 6.83. The summed E-state index contributed by atoms with van der Waals surface area (Å²) >= 11 is 5.81. The van der Waals surface area contributed by atoms with Crippen molar-refractivity contribution in [2.24, 2.45) is 0 Å². The van der Waals surface area contributed by atoms with E-state index in [0.717, 1.165) is 27.9 Å². The summed E-state index contributed by atoms with van der Waals surface area (Å²) in [6.45, 7) is 0.0975. The van der Waals surface area contributed by atoms with Crippen molar-refractivity contribution in [3.63, 3.8) is 0 Å². The molecule has 2 aromatic heterocycles. The molecule has 0 N–H and O–H groups in total. The second kappa shape index (κ2) is 8.08. The fourth-order valence-corrected chi connectivity index (χ4v) is 2.96. The summed E-state index contributed by atoms with van der Waals surface area (Å²) in [5.41, 5.74) is 1.19. The average molecular weight is 429 g/mol. The summed E-state index contributed by atoms with van der Waals surface area (Å²) in [6, 6.07) is 11.4. The van der Waals surface area contributed by atoms with Gasteiger partial charge >= 0.3 is 0 Å². The van der Waals surface area contributed by atoms with Crippen LogP contribution in [0, 0.1) is 17.5 Å². The van der Waals surface area contributed by atoms with E-state index in [1.165, 1.54) is 24.5 Å². The van der Waals surface area contributed by atoms with Gasteiger partial charge in [0, 0.05) is 29.6 Å². The standard InChI is InChI=1S/C21H12ClF3N4O/c22-15-9-26-21(27-10-15)13-3-1-2-12(6-13)11-29-19(30)5-4-18(28-29)14-7-16(23)20(25)17(24)8-14/h1-10H,11H2. The maximum atomic E-state index is 13.6. The molecule has 2 heterocycles. The minimum Gasteiger partial charge on any atom is -0.268 e. The zero-order valence-electron chi connectivity index (χ0n) is 15.2. The highest BCUT2D eigenvalue weighted by Crippen LogP contribution is 2.22. The topological polar surface area (TPSA) is 60.7 Å². The van der Waals surface area contributed by atoms with E-state index in [9.17, 15) is 18.0 Å². The Kier molecular flexibility index (Phi) is 5.33. The molecular formula is C21H12ClF3N4O. The second-order valence-electron chi connectivity index (χ2n) is 6.39. The molecule has 0 aliphatic heterocycles. The summed E-state index contributed by atoms with van der Waals surface area (Å²) in [5, 5.41) is 4.58. The van der Waals surface area contributed by atoms with Gasteiger partial charge in [0.2, 0.25) is 0 Å². The molecule has 0 atom stereocenters. The predicted octanol–water partition coefficient (Wildman–Crippen LogP) is 4.49. The van der Waals surface area contributed by atoms with Crippen LogP contribution < -0.4 is 5.56 Å². The van der Waals surface area contributed by atoms with E-state index >= 15 is 0 Å². The van der Waals surface area contributed by atoms with Crippen molar-refractivity contribution in [1.82, 2.24) is 19.7 Å². The lowest BCUT2D eigenvalue weighted by Gasteiger charge is -2.09. The van der Waals surface area contributed by atoms with Gasteiger partial charge in [-0.3, -0.25) is 4.79 Å². The highest BCUT2D eigenvalue weighted by Gasteiger charge is 2.13. The molecule has 150 valence electrons. The molecule has 0 amide bonds. The van der Waals surface area contributed by atoms with Crippen LogP contribution >= 0.6 is 11.6 Å². The van der Waals surface area contributed by atoms with Crippen molar-refractivity contribution in [3.05, 3.63) is 99.3 Å².